The zero-order valence-corrected chi connectivity index (χ0v) is 13.3. The molecule has 0 atom stereocenters. The Hall–Kier alpha value is -2.41. The van der Waals surface area contributed by atoms with E-state index in [1.54, 1.807) is 12.1 Å². The second-order valence-corrected chi connectivity index (χ2v) is 7.82. The van der Waals surface area contributed by atoms with Gasteiger partial charge in [0.05, 0.1) is 0 Å². The molecule has 0 saturated heterocycles. The highest BCUT2D eigenvalue weighted by molar-refractivity contribution is 7.73. The van der Waals surface area contributed by atoms with Gasteiger partial charge in [-0.05, 0) is 45.8 Å². The minimum atomic E-state index is -3.61. The molecule has 1 N–H and O–H groups in total. The largest absolute Gasteiger partial charge is 0.338 e. The van der Waals surface area contributed by atoms with Crippen LogP contribution in [0, 0.1) is 0 Å². The minimum absolute atomic E-state index is 0.464. The van der Waals surface area contributed by atoms with Crippen LogP contribution in [-0.4, -0.2) is 4.89 Å². The maximum Gasteiger partial charge on any atom is 0.258 e. The topological polar surface area (TPSA) is 37.3 Å². The minimum Gasteiger partial charge on any atom is -0.338 e. The van der Waals surface area contributed by atoms with Crippen LogP contribution in [0.2, 0.25) is 0 Å². The molecule has 4 rings (SSSR count). The Morgan fingerprint density at radius 3 is 1.39 bits per heavy atom. The molecule has 0 radical (unpaired) electrons. The molecule has 0 aliphatic heterocycles. The van der Waals surface area contributed by atoms with E-state index in [-0.39, 0.29) is 0 Å². The summed E-state index contributed by atoms with van der Waals surface area (Å²) in [4.78, 5) is 10.7. The summed E-state index contributed by atoms with van der Waals surface area (Å²) in [5.74, 6) is 0. The average molecular weight is 318 g/mol. The van der Waals surface area contributed by atoms with Crippen molar-refractivity contribution < 1.29 is 9.46 Å². The standard InChI is InChI=1S/C20H15O2P/c21-23(22,19-11-9-15-5-1-3-7-17(15)13-19)20-12-10-16-6-2-4-8-18(16)14-20/h1-14H,(H,21,22). The molecule has 0 aliphatic rings. The fourth-order valence-corrected chi connectivity index (χ4v) is 4.36. The fourth-order valence-electron chi connectivity index (χ4n) is 2.88. The molecule has 0 bridgehead atoms. The number of hydrogen-bond donors (Lipinski definition) is 1. The van der Waals surface area contributed by atoms with Crippen molar-refractivity contribution >= 4 is 39.5 Å². The lowest BCUT2D eigenvalue weighted by Gasteiger charge is -2.14. The van der Waals surface area contributed by atoms with E-state index in [0.717, 1.165) is 21.5 Å². The van der Waals surface area contributed by atoms with E-state index >= 15 is 0 Å². The Bertz CT molecular complexity index is 986. The third-order valence-corrected chi connectivity index (χ3v) is 6.12. The summed E-state index contributed by atoms with van der Waals surface area (Å²) in [6, 6.07) is 26.6. The van der Waals surface area contributed by atoms with E-state index in [4.69, 9.17) is 0 Å². The quantitative estimate of drug-likeness (QED) is 0.562. The van der Waals surface area contributed by atoms with Crippen LogP contribution in [0.4, 0.5) is 0 Å². The molecule has 0 saturated carbocycles. The summed E-state index contributed by atoms with van der Waals surface area (Å²) in [5, 5.41) is 5.00. The van der Waals surface area contributed by atoms with E-state index in [2.05, 4.69) is 0 Å². The van der Waals surface area contributed by atoms with Gasteiger partial charge in [0.15, 0.2) is 0 Å². The molecular weight excluding hydrogens is 303 g/mol. The van der Waals surface area contributed by atoms with Crippen LogP contribution in [0.15, 0.2) is 84.9 Å². The molecule has 0 unspecified atom stereocenters. The van der Waals surface area contributed by atoms with E-state index in [0.29, 0.717) is 10.6 Å². The predicted octanol–water partition coefficient (Wildman–Crippen LogP) is 4.21. The molecule has 4 aromatic carbocycles. The van der Waals surface area contributed by atoms with Crippen molar-refractivity contribution in [1.29, 1.82) is 0 Å². The fraction of sp³-hybridized carbons (Fsp3) is 0. The Kier molecular flexibility index (Phi) is 3.30. The van der Waals surface area contributed by atoms with Gasteiger partial charge < -0.3 is 4.89 Å². The van der Waals surface area contributed by atoms with Crippen LogP contribution < -0.4 is 10.6 Å². The molecule has 0 fully saturated rings. The first-order valence-electron chi connectivity index (χ1n) is 7.46. The summed E-state index contributed by atoms with van der Waals surface area (Å²) in [5.41, 5.74) is 0. The maximum absolute atomic E-state index is 13.1. The Labute approximate surface area is 134 Å². The van der Waals surface area contributed by atoms with Crippen LogP contribution in [0.25, 0.3) is 21.5 Å². The van der Waals surface area contributed by atoms with Gasteiger partial charge in [0.2, 0.25) is 0 Å². The molecule has 0 heterocycles. The monoisotopic (exact) mass is 318 g/mol. The lowest BCUT2D eigenvalue weighted by molar-refractivity contribution is 0.501. The van der Waals surface area contributed by atoms with Gasteiger partial charge in [-0.3, -0.25) is 4.57 Å². The van der Waals surface area contributed by atoms with Crippen molar-refractivity contribution in [2.75, 3.05) is 0 Å². The first kappa shape index (κ1) is 14.2. The predicted molar refractivity (Wildman–Crippen MR) is 97.0 cm³/mol. The molecule has 23 heavy (non-hydrogen) atoms. The smallest absolute Gasteiger partial charge is 0.258 e. The van der Waals surface area contributed by atoms with Crippen LogP contribution >= 0.6 is 7.37 Å². The van der Waals surface area contributed by atoms with Gasteiger partial charge in [0.25, 0.3) is 7.37 Å². The Morgan fingerprint density at radius 2 is 0.957 bits per heavy atom. The summed E-state index contributed by atoms with van der Waals surface area (Å²) >= 11 is 0. The second kappa shape index (κ2) is 5.34. The zero-order valence-electron chi connectivity index (χ0n) is 12.4. The van der Waals surface area contributed by atoms with Gasteiger partial charge in [-0.2, -0.15) is 0 Å². The maximum atomic E-state index is 13.1. The number of rotatable bonds is 2. The lowest BCUT2D eigenvalue weighted by Crippen LogP contribution is -2.15. The Balaban J connectivity index is 1.87. The van der Waals surface area contributed by atoms with E-state index in [1.165, 1.54) is 0 Å². The SMILES string of the molecule is O=P(O)(c1ccc2ccccc2c1)c1ccc2ccccc2c1. The average Bonchev–Trinajstić information content (AvgIpc) is 2.61. The number of benzene rings is 4. The van der Waals surface area contributed by atoms with Gasteiger partial charge in [-0.1, -0.05) is 60.7 Å². The van der Waals surface area contributed by atoms with Crippen molar-refractivity contribution in [1.82, 2.24) is 0 Å². The van der Waals surface area contributed by atoms with Crippen molar-refractivity contribution in [3.05, 3.63) is 84.9 Å². The summed E-state index contributed by atoms with van der Waals surface area (Å²) < 4.78 is 13.1. The molecule has 112 valence electrons. The van der Waals surface area contributed by atoms with E-state index in [9.17, 15) is 9.46 Å². The van der Waals surface area contributed by atoms with Gasteiger partial charge in [-0.15, -0.1) is 0 Å². The van der Waals surface area contributed by atoms with Gasteiger partial charge in [0.1, 0.15) is 0 Å². The number of hydrogen-bond acceptors (Lipinski definition) is 1. The molecule has 0 spiro atoms. The second-order valence-electron chi connectivity index (χ2n) is 5.64. The lowest BCUT2D eigenvalue weighted by atomic mass is 10.1. The van der Waals surface area contributed by atoms with Gasteiger partial charge in [-0.25, -0.2) is 0 Å². The van der Waals surface area contributed by atoms with E-state index < -0.39 is 7.37 Å². The molecule has 4 aromatic rings. The summed E-state index contributed by atoms with van der Waals surface area (Å²) in [6.07, 6.45) is 0. The molecule has 0 amide bonds. The van der Waals surface area contributed by atoms with Crippen LogP contribution in [0.1, 0.15) is 0 Å². The molecule has 2 nitrogen and oxygen atoms in total. The highest BCUT2D eigenvalue weighted by atomic mass is 31.2. The normalized spacial score (nSPS) is 11.9. The first-order chi connectivity index (χ1) is 11.1. The van der Waals surface area contributed by atoms with E-state index in [1.807, 2.05) is 72.8 Å². The van der Waals surface area contributed by atoms with Crippen molar-refractivity contribution in [3.8, 4) is 0 Å². The van der Waals surface area contributed by atoms with Crippen molar-refractivity contribution in [3.63, 3.8) is 0 Å². The highest BCUT2D eigenvalue weighted by Gasteiger charge is 2.24. The molecule has 0 aromatic heterocycles. The molecule has 0 aliphatic carbocycles. The highest BCUT2D eigenvalue weighted by Crippen LogP contribution is 2.39. The molecule has 3 heteroatoms. The van der Waals surface area contributed by atoms with Crippen LogP contribution in [0.3, 0.4) is 0 Å². The summed E-state index contributed by atoms with van der Waals surface area (Å²) in [6.45, 7) is 0. The third-order valence-electron chi connectivity index (χ3n) is 4.17. The molecular formula is C20H15O2P. The third kappa shape index (κ3) is 2.46. The first-order valence-corrected chi connectivity index (χ1v) is 9.12. The van der Waals surface area contributed by atoms with Crippen molar-refractivity contribution in [2.24, 2.45) is 0 Å². The van der Waals surface area contributed by atoms with Gasteiger partial charge >= 0.3 is 0 Å². The van der Waals surface area contributed by atoms with Gasteiger partial charge in [0, 0.05) is 10.6 Å². The van der Waals surface area contributed by atoms with Crippen molar-refractivity contribution in [2.45, 2.75) is 0 Å². The van der Waals surface area contributed by atoms with Crippen LogP contribution in [-0.2, 0) is 4.57 Å². The summed E-state index contributed by atoms with van der Waals surface area (Å²) in [7, 11) is -3.61. The zero-order chi connectivity index (χ0) is 15.9. The Morgan fingerprint density at radius 1 is 0.565 bits per heavy atom. The van der Waals surface area contributed by atoms with Crippen LogP contribution in [0.5, 0.6) is 0 Å². The number of fused-ring (bicyclic) bond motifs is 2.